The van der Waals surface area contributed by atoms with E-state index in [4.69, 9.17) is 5.73 Å². The monoisotopic (exact) mass is 401 g/mol. The molecule has 7 heteroatoms. The average molecular weight is 401 g/mol. The molecule has 0 aliphatic heterocycles. The van der Waals surface area contributed by atoms with E-state index in [1.807, 2.05) is 6.07 Å². The average Bonchev–Trinajstić information content (AvgIpc) is 3.07. The third kappa shape index (κ3) is 4.16. The molecule has 1 aromatic carbocycles. The fourth-order valence-corrected chi connectivity index (χ4v) is 1.92. The zero-order chi connectivity index (χ0) is 13.9. The third-order valence-corrected chi connectivity index (χ3v) is 3.16. The topological polar surface area (TPSA) is 68.2 Å². The van der Waals surface area contributed by atoms with E-state index in [9.17, 15) is 4.39 Å². The van der Waals surface area contributed by atoms with Crippen LogP contribution in [0, 0.1) is 5.82 Å². The van der Waals surface area contributed by atoms with E-state index in [1.54, 1.807) is 29.4 Å². The van der Waals surface area contributed by atoms with E-state index in [-0.39, 0.29) is 29.8 Å². The number of aliphatic imine (C=N–C) groups is 1. The Bertz CT molecular complexity index is 622. The Labute approximate surface area is 139 Å². The molecule has 1 aliphatic rings. The molecule has 0 spiro atoms. The van der Waals surface area contributed by atoms with Crippen molar-refractivity contribution in [3.8, 4) is 5.69 Å². The molecular weight excluding hydrogens is 384 g/mol. The smallest absolute Gasteiger partial charge is 0.189 e. The first-order chi connectivity index (χ1) is 9.72. The maximum absolute atomic E-state index is 14.0. The minimum atomic E-state index is -0.301. The Balaban J connectivity index is 0.00000161. The first-order valence-corrected chi connectivity index (χ1v) is 6.55. The lowest BCUT2D eigenvalue weighted by Crippen LogP contribution is -2.33. The van der Waals surface area contributed by atoms with Crippen LogP contribution in [-0.2, 0) is 6.54 Å². The van der Waals surface area contributed by atoms with E-state index >= 15 is 0 Å². The summed E-state index contributed by atoms with van der Waals surface area (Å²) in [6, 6.07) is 5.50. The standard InChI is InChI=1S/C14H16FN5.HI/c15-12-7-10(8-18-14(16)19-11-2-3-11)1-4-13(12)20-6-5-17-9-20;/h1,4-7,9,11H,2-3,8H2,(H3,16,18,19);1H. The highest BCUT2D eigenvalue weighted by atomic mass is 127. The zero-order valence-corrected chi connectivity index (χ0v) is 13.7. The molecule has 2 aromatic rings. The number of rotatable bonds is 4. The van der Waals surface area contributed by atoms with Gasteiger partial charge in [-0.2, -0.15) is 0 Å². The van der Waals surface area contributed by atoms with Gasteiger partial charge in [0.05, 0.1) is 18.6 Å². The first kappa shape index (κ1) is 15.7. The van der Waals surface area contributed by atoms with E-state index in [2.05, 4.69) is 15.3 Å². The predicted octanol–water partition coefficient (Wildman–Crippen LogP) is 2.20. The van der Waals surface area contributed by atoms with Gasteiger partial charge >= 0.3 is 0 Å². The number of halogens is 2. The second-order valence-electron chi connectivity index (χ2n) is 4.88. The summed E-state index contributed by atoms with van der Waals surface area (Å²) in [6.07, 6.45) is 7.17. The van der Waals surface area contributed by atoms with E-state index < -0.39 is 0 Å². The molecule has 0 amide bonds. The number of hydrogen-bond acceptors (Lipinski definition) is 2. The molecule has 3 N–H and O–H groups in total. The van der Waals surface area contributed by atoms with Crippen molar-refractivity contribution in [2.45, 2.75) is 25.4 Å². The molecule has 1 aliphatic carbocycles. The van der Waals surface area contributed by atoms with Gasteiger partial charge in [0.25, 0.3) is 0 Å². The van der Waals surface area contributed by atoms with Crippen molar-refractivity contribution in [3.63, 3.8) is 0 Å². The highest BCUT2D eigenvalue weighted by Gasteiger charge is 2.21. The van der Waals surface area contributed by atoms with Crippen LogP contribution in [0.15, 0.2) is 41.9 Å². The van der Waals surface area contributed by atoms with Gasteiger partial charge in [-0.05, 0) is 30.5 Å². The molecule has 21 heavy (non-hydrogen) atoms. The number of aromatic nitrogens is 2. The van der Waals surface area contributed by atoms with Crippen LogP contribution in [0.25, 0.3) is 5.69 Å². The lowest BCUT2D eigenvalue weighted by Gasteiger charge is -2.06. The summed E-state index contributed by atoms with van der Waals surface area (Å²) in [5.41, 5.74) is 7.00. The van der Waals surface area contributed by atoms with Gasteiger partial charge in [0.15, 0.2) is 5.96 Å². The van der Waals surface area contributed by atoms with Crippen LogP contribution in [0.1, 0.15) is 18.4 Å². The molecule has 0 saturated heterocycles. The van der Waals surface area contributed by atoms with Crippen molar-refractivity contribution in [1.82, 2.24) is 14.9 Å². The van der Waals surface area contributed by atoms with Crippen molar-refractivity contribution in [2.75, 3.05) is 0 Å². The van der Waals surface area contributed by atoms with Crippen LogP contribution in [0.5, 0.6) is 0 Å². The van der Waals surface area contributed by atoms with Gasteiger partial charge < -0.3 is 15.6 Å². The lowest BCUT2D eigenvalue weighted by molar-refractivity contribution is 0.615. The molecule has 0 atom stereocenters. The first-order valence-electron chi connectivity index (χ1n) is 6.55. The van der Waals surface area contributed by atoms with Crippen molar-refractivity contribution < 1.29 is 4.39 Å². The molecule has 1 aromatic heterocycles. The molecule has 0 radical (unpaired) electrons. The van der Waals surface area contributed by atoms with E-state index in [1.165, 1.54) is 6.07 Å². The van der Waals surface area contributed by atoms with Crippen LogP contribution in [-0.4, -0.2) is 21.6 Å². The maximum Gasteiger partial charge on any atom is 0.189 e. The van der Waals surface area contributed by atoms with Crippen LogP contribution >= 0.6 is 24.0 Å². The number of nitrogens with two attached hydrogens (primary N) is 1. The third-order valence-electron chi connectivity index (χ3n) is 3.16. The molecule has 0 bridgehead atoms. The highest BCUT2D eigenvalue weighted by molar-refractivity contribution is 14.0. The number of benzene rings is 1. The Morgan fingerprint density at radius 1 is 1.48 bits per heavy atom. The summed E-state index contributed by atoms with van der Waals surface area (Å²) in [5.74, 6) is 0.121. The van der Waals surface area contributed by atoms with E-state index in [0.717, 1.165) is 18.4 Å². The Hall–Kier alpha value is -1.64. The summed E-state index contributed by atoms with van der Waals surface area (Å²) >= 11 is 0. The molecule has 5 nitrogen and oxygen atoms in total. The summed E-state index contributed by atoms with van der Waals surface area (Å²) < 4.78 is 15.6. The SMILES string of the molecule is I.NC(=NCc1ccc(-n2ccnc2)c(F)c1)NC1CC1. The number of nitrogens with zero attached hydrogens (tertiary/aromatic N) is 3. The number of nitrogens with one attached hydrogen (secondary N) is 1. The van der Waals surface area contributed by atoms with Crippen molar-refractivity contribution in [3.05, 3.63) is 48.3 Å². The summed E-state index contributed by atoms with van der Waals surface area (Å²) in [4.78, 5) is 8.11. The molecule has 0 unspecified atom stereocenters. The van der Waals surface area contributed by atoms with Gasteiger partial charge in [0, 0.05) is 18.4 Å². The highest BCUT2D eigenvalue weighted by Crippen LogP contribution is 2.18. The summed E-state index contributed by atoms with van der Waals surface area (Å²) in [6.45, 7) is 0.368. The van der Waals surface area contributed by atoms with Crippen LogP contribution in [0.3, 0.4) is 0 Å². The Morgan fingerprint density at radius 2 is 2.29 bits per heavy atom. The largest absolute Gasteiger partial charge is 0.370 e. The lowest BCUT2D eigenvalue weighted by atomic mass is 10.2. The molecular formula is C14H17FIN5. The minimum Gasteiger partial charge on any atom is -0.370 e. The van der Waals surface area contributed by atoms with Crippen LogP contribution < -0.4 is 11.1 Å². The molecule has 112 valence electrons. The quantitative estimate of drug-likeness (QED) is 0.469. The molecule has 1 fully saturated rings. The fourth-order valence-electron chi connectivity index (χ4n) is 1.92. The molecule has 1 saturated carbocycles. The number of imidazole rings is 1. The molecule has 1 heterocycles. The number of guanidine groups is 1. The normalized spacial score (nSPS) is 14.6. The van der Waals surface area contributed by atoms with Gasteiger partial charge in [-0.1, -0.05) is 6.07 Å². The van der Waals surface area contributed by atoms with Crippen molar-refractivity contribution in [1.29, 1.82) is 0 Å². The van der Waals surface area contributed by atoms with Gasteiger partial charge in [-0.15, -0.1) is 24.0 Å². The molecule has 3 rings (SSSR count). The summed E-state index contributed by atoms with van der Waals surface area (Å²) in [5, 5.41) is 3.09. The second-order valence-corrected chi connectivity index (χ2v) is 4.88. The van der Waals surface area contributed by atoms with Crippen LogP contribution in [0.4, 0.5) is 4.39 Å². The fraction of sp³-hybridized carbons (Fsp3) is 0.286. The summed E-state index contributed by atoms with van der Waals surface area (Å²) in [7, 11) is 0. The second kappa shape index (κ2) is 6.88. The zero-order valence-electron chi connectivity index (χ0n) is 11.4. The van der Waals surface area contributed by atoms with Crippen LogP contribution in [0.2, 0.25) is 0 Å². The Morgan fingerprint density at radius 3 is 2.90 bits per heavy atom. The van der Waals surface area contributed by atoms with Crippen molar-refractivity contribution in [2.24, 2.45) is 10.7 Å². The van der Waals surface area contributed by atoms with Gasteiger partial charge in [-0.25, -0.2) is 14.4 Å². The van der Waals surface area contributed by atoms with E-state index in [0.29, 0.717) is 24.2 Å². The number of hydrogen-bond donors (Lipinski definition) is 2. The van der Waals surface area contributed by atoms with Gasteiger partial charge in [0.2, 0.25) is 0 Å². The Kier molecular flexibility index (Phi) is 5.16. The maximum atomic E-state index is 14.0. The predicted molar refractivity (Wildman–Crippen MR) is 90.4 cm³/mol. The van der Waals surface area contributed by atoms with Crippen molar-refractivity contribution >= 4 is 29.9 Å². The van der Waals surface area contributed by atoms with Gasteiger partial charge in [0.1, 0.15) is 5.82 Å². The van der Waals surface area contributed by atoms with Gasteiger partial charge in [-0.3, -0.25) is 0 Å². The minimum absolute atomic E-state index is 0.